The van der Waals surface area contributed by atoms with Crippen LogP contribution in [0, 0.1) is 0 Å². The van der Waals surface area contributed by atoms with Crippen molar-refractivity contribution in [2.75, 3.05) is 17.7 Å². The molecule has 3 rings (SSSR count). The minimum absolute atomic E-state index is 0.335. The highest BCUT2D eigenvalue weighted by molar-refractivity contribution is 7.22. The summed E-state index contributed by atoms with van der Waals surface area (Å²) < 4.78 is 6.68. The number of nitrogens with two attached hydrogens (primary N) is 1. The van der Waals surface area contributed by atoms with Crippen molar-refractivity contribution in [2.24, 2.45) is 0 Å². The van der Waals surface area contributed by atoms with E-state index in [-0.39, 0.29) is 0 Å². The number of rotatable bonds is 2. The van der Waals surface area contributed by atoms with Crippen LogP contribution < -0.4 is 11.1 Å². The highest BCUT2D eigenvalue weighted by Crippen LogP contribution is 2.29. The number of nitrogens with one attached hydrogen (secondary N) is 1. The van der Waals surface area contributed by atoms with Gasteiger partial charge in [-0.2, -0.15) is 0 Å². The fourth-order valence-corrected chi connectivity index (χ4v) is 3.30. The molecule has 1 aliphatic rings. The standard InChI is InChI=1S/C13H17N3OS/c1-8-6-10(4-5-17-8)15-13-16-11-3-2-9(14)7-12(11)18-13/h2-3,7-8,10H,4-6,14H2,1H3,(H,15,16). The van der Waals surface area contributed by atoms with Gasteiger partial charge in [0.05, 0.1) is 16.3 Å². The van der Waals surface area contributed by atoms with Crippen LogP contribution in [0.4, 0.5) is 10.8 Å². The molecule has 2 heterocycles. The molecule has 0 spiro atoms. The summed E-state index contributed by atoms with van der Waals surface area (Å²) in [6.07, 6.45) is 2.42. The van der Waals surface area contributed by atoms with Crippen LogP contribution in [0.25, 0.3) is 10.2 Å². The SMILES string of the molecule is CC1CC(Nc2nc3ccc(N)cc3s2)CCO1. The molecule has 2 aromatic rings. The van der Waals surface area contributed by atoms with Gasteiger partial charge >= 0.3 is 0 Å². The van der Waals surface area contributed by atoms with Crippen molar-refractivity contribution in [2.45, 2.75) is 31.9 Å². The molecule has 1 aromatic carbocycles. The van der Waals surface area contributed by atoms with Crippen LogP contribution in [-0.2, 0) is 4.74 Å². The summed E-state index contributed by atoms with van der Waals surface area (Å²) in [4.78, 5) is 4.58. The molecular formula is C13H17N3OS. The largest absolute Gasteiger partial charge is 0.399 e. The van der Waals surface area contributed by atoms with E-state index in [0.717, 1.165) is 40.5 Å². The van der Waals surface area contributed by atoms with Crippen LogP contribution in [-0.4, -0.2) is 23.7 Å². The number of ether oxygens (including phenoxy) is 1. The van der Waals surface area contributed by atoms with E-state index < -0.39 is 0 Å². The number of benzene rings is 1. The quantitative estimate of drug-likeness (QED) is 0.818. The first-order chi connectivity index (χ1) is 8.70. The van der Waals surface area contributed by atoms with E-state index in [2.05, 4.69) is 17.2 Å². The lowest BCUT2D eigenvalue weighted by Crippen LogP contribution is -2.32. The fraction of sp³-hybridized carbons (Fsp3) is 0.462. The zero-order chi connectivity index (χ0) is 12.5. The van der Waals surface area contributed by atoms with Crippen LogP contribution in [0.1, 0.15) is 19.8 Å². The second kappa shape index (κ2) is 4.74. The van der Waals surface area contributed by atoms with Gasteiger partial charge in [0.15, 0.2) is 5.13 Å². The Bertz CT molecular complexity index is 554. The Kier molecular flexibility index (Phi) is 3.09. The minimum Gasteiger partial charge on any atom is -0.399 e. The third-order valence-corrected chi connectivity index (χ3v) is 4.17. The molecule has 0 saturated carbocycles. The van der Waals surface area contributed by atoms with E-state index in [1.54, 1.807) is 11.3 Å². The topological polar surface area (TPSA) is 60.2 Å². The zero-order valence-electron chi connectivity index (χ0n) is 10.3. The number of fused-ring (bicyclic) bond motifs is 1. The molecule has 5 heteroatoms. The fourth-order valence-electron chi connectivity index (χ4n) is 2.31. The van der Waals surface area contributed by atoms with Gasteiger partial charge in [0.2, 0.25) is 0 Å². The Labute approximate surface area is 110 Å². The maximum absolute atomic E-state index is 5.78. The minimum atomic E-state index is 0.335. The van der Waals surface area contributed by atoms with Crippen LogP contribution in [0.15, 0.2) is 18.2 Å². The maximum Gasteiger partial charge on any atom is 0.184 e. The van der Waals surface area contributed by atoms with E-state index in [4.69, 9.17) is 10.5 Å². The molecule has 3 N–H and O–H groups in total. The zero-order valence-corrected chi connectivity index (χ0v) is 11.2. The predicted molar refractivity (Wildman–Crippen MR) is 76.1 cm³/mol. The van der Waals surface area contributed by atoms with Crippen molar-refractivity contribution < 1.29 is 4.74 Å². The van der Waals surface area contributed by atoms with Crippen molar-refractivity contribution in [3.63, 3.8) is 0 Å². The molecule has 0 amide bonds. The van der Waals surface area contributed by atoms with E-state index >= 15 is 0 Å². The Morgan fingerprint density at radius 3 is 3.22 bits per heavy atom. The molecule has 1 fully saturated rings. The lowest BCUT2D eigenvalue weighted by atomic mass is 10.1. The van der Waals surface area contributed by atoms with E-state index in [1.807, 2.05) is 18.2 Å². The van der Waals surface area contributed by atoms with E-state index in [1.165, 1.54) is 0 Å². The molecule has 0 radical (unpaired) electrons. The molecule has 2 atom stereocenters. The Balaban J connectivity index is 1.78. The number of hydrogen-bond acceptors (Lipinski definition) is 5. The third-order valence-electron chi connectivity index (χ3n) is 3.23. The number of aromatic nitrogens is 1. The summed E-state index contributed by atoms with van der Waals surface area (Å²) in [7, 11) is 0. The summed E-state index contributed by atoms with van der Waals surface area (Å²) in [5, 5.41) is 4.49. The van der Waals surface area contributed by atoms with Gasteiger partial charge in [0.1, 0.15) is 0 Å². The smallest absolute Gasteiger partial charge is 0.184 e. The molecule has 1 aromatic heterocycles. The van der Waals surface area contributed by atoms with Crippen molar-refractivity contribution in [1.29, 1.82) is 0 Å². The number of anilines is 2. The van der Waals surface area contributed by atoms with Crippen LogP contribution in [0.5, 0.6) is 0 Å². The van der Waals surface area contributed by atoms with Gasteiger partial charge in [0, 0.05) is 18.3 Å². The summed E-state index contributed by atoms with van der Waals surface area (Å²) >= 11 is 1.66. The molecule has 2 unspecified atom stereocenters. The second-order valence-electron chi connectivity index (χ2n) is 4.79. The Hall–Kier alpha value is -1.33. The van der Waals surface area contributed by atoms with Gasteiger partial charge in [-0.25, -0.2) is 4.98 Å². The van der Waals surface area contributed by atoms with Gasteiger partial charge in [0.25, 0.3) is 0 Å². The van der Waals surface area contributed by atoms with E-state index in [0.29, 0.717) is 12.1 Å². The molecular weight excluding hydrogens is 246 g/mol. The summed E-state index contributed by atoms with van der Waals surface area (Å²) in [6, 6.07) is 6.30. The van der Waals surface area contributed by atoms with Crippen LogP contribution >= 0.6 is 11.3 Å². The number of nitrogen functional groups attached to an aromatic ring is 1. The van der Waals surface area contributed by atoms with Crippen molar-refractivity contribution in [3.8, 4) is 0 Å². The number of hydrogen-bond donors (Lipinski definition) is 2. The van der Waals surface area contributed by atoms with Crippen LogP contribution in [0.3, 0.4) is 0 Å². The Morgan fingerprint density at radius 2 is 2.39 bits per heavy atom. The van der Waals surface area contributed by atoms with Gasteiger partial charge in [-0.3, -0.25) is 0 Å². The lowest BCUT2D eigenvalue weighted by molar-refractivity contribution is 0.0232. The molecule has 0 bridgehead atoms. The molecule has 18 heavy (non-hydrogen) atoms. The second-order valence-corrected chi connectivity index (χ2v) is 5.82. The van der Waals surface area contributed by atoms with Gasteiger partial charge in [-0.15, -0.1) is 0 Å². The van der Waals surface area contributed by atoms with Gasteiger partial charge in [-0.05, 0) is 38.0 Å². The van der Waals surface area contributed by atoms with Crippen molar-refractivity contribution >= 4 is 32.4 Å². The summed E-state index contributed by atoms with van der Waals surface area (Å²) in [5.74, 6) is 0. The van der Waals surface area contributed by atoms with Gasteiger partial charge < -0.3 is 15.8 Å². The molecule has 1 saturated heterocycles. The maximum atomic E-state index is 5.78. The lowest BCUT2D eigenvalue weighted by Gasteiger charge is -2.27. The average molecular weight is 263 g/mol. The third kappa shape index (κ3) is 2.42. The van der Waals surface area contributed by atoms with E-state index in [9.17, 15) is 0 Å². The Morgan fingerprint density at radius 1 is 1.50 bits per heavy atom. The first kappa shape index (κ1) is 11.7. The summed E-state index contributed by atoms with van der Waals surface area (Å²) in [5.41, 5.74) is 7.58. The number of nitrogens with zero attached hydrogens (tertiary/aromatic N) is 1. The van der Waals surface area contributed by atoms with Crippen molar-refractivity contribution in [1.82, 2.24) is 4.98 Å². The number of thiazole rings is 1. The van der Waals surface area contributed by atoms with Crippen LogP contribution in [0.2, 0.25) is 0 Å². The average Bonchev–Trinajstić information content (AvgIpc) is 2.70. The van der Waals surface area contributed by atoms with Gasteiger partial charge in [-0.1, -0.05) is 11.3 Å². The highest BCUT2D eigenvalue weighted by atomic mass is 32.1. The predicted octanol–water partition coefficient (Wildman–Crippen LogP) is 2.86. The molecule has 4 nitrogen and oxygen atoms in total. The first-order valence-electron chi connectivity index (χ1n) is 6.25. The molecule has 96 valence electrons. The summed E-state index contributed by atoms with van der Waals surface area (Å²) in [6.45, 7) is 2.95. The highest BCUT2D eigenvalue weighted by Gasteiger charge is 2.20. The molecule has 0 aliphatic carbocycles. The normalized spacial score (nSPS) is 24.3. The first-order valence-corrected chi connectivity index (χ1v) is 7.06. The molecule has 1 aliphatic heterocycles. The van der Waals surface area contributed by atoms with Crippen molar-refractivity contribution in [3.05, 3.63) is 18.2 Å². The monoisotopic (exact) mass is 263 g/mol.